The first-order valence-corrected chi connectivity index (χ1v) is 13.6. The van der Waals surface area contributed by atoms with Gasteiger partial charge in [-0.05, 0) is 67.7 Å². The minimum absolute atomic E-state index is 0.0361. The molecule has 0 unspecified atom stereocenters. The Morgan fingerprint density at radius 1 is 0.944 bits per heavy atom. The van der Waals surface area contributed by atoms with Crippen molar-refractivity contribution in [2.75, 3.05) is 29.9 Å². The van der Waals surface area contributed by atoms with Crippen molar-refractivity contribution in [3.63, 3.8) is 0 Å². The molecule has 2 aliphatic rings. The number of para-hydroxylation sites is 1. The molecule has 0 atom stereocenters. The van der Waals surface area contributed by atoms with E-state index in [9.17, 15) is 0 Å². The number of nitrogens with zero attached hydrogens (tertiary/aromatic N) is 3. The minimum Gasteiger partial charge on any atom is -0.439 e. The largest absolute Gasteiger partial charge is 0.439 e. The molecule has 0 radical (unpaired) electrons. The Morgan fingerprint density at radius 2 is 1.67 bits per heavy atom. The zero-order valence-electron chi connectivity index (χ0n) is 20.4. The number of hydrogen-bond acceptors (Lipinski definition) is 5. The first kappa shape index (κ1) is 24.8. The van der Waals surface area contributed by atoms with E-state index in [1.54, 1.807) is 0 Å². The van der Waals surface area contributed by atoms with Crippen LogP contribution in [0.4, 0.5) is 11.8 Å². The SMILES string of the molecule is S=C(NCC1(c2ccc(Cl)cc2)CCCCC1)Nc1nc(Oc2ccccc2)cc(N2CCCC2)n1. The molecule has 3 aromatic rings. The fourth-order valence-corrected chi connectivity index (χ4v) is 5.52. The summed E-state index contributed by atoms with van der Waals surface area (Å²) in [6.45, 7) is 2.71. The topological polar surface area (TPSA) is 62.3 Å². The van der Waals surface area contributed by atoms with Crippen molar-refractivity contribution in [1.29, 1.82) is 0 Å². The Bertz CT molecular complexity index is 1160. The summed E-state index contributed by atoms with van der Waals surface area (Å²) < 4.78 is 6.05. The molecule has 2 N–H and O–H groups in total. The van der Waals surface area contributed by atoms with Gasteiger partial charge in [0.15, 0.2) is 5.11 Å². The summed E-state index contributed by atoms with van der Waals surface area (Å²) in [5.74, 6) is 2.52. The van der Waals surface area contributed by atoms with E-state index in [0.29, 0.717) is 16.9 Å². The number of nitrogens with one attached hydrogen (secondary N) is 2. The zero-order valence-corrected chi connectivity index (χ0v) is 22.0. The second-order valence-electron chi connectivity index (χ2n) is 9.65. The maximum Gasteiger partial charge on any atom is 0.234 e. The van der Waals surface area contributed by atoms with E-state index in [1.807, 2.05) is 48.5 Å². The van der Waals surface area contributed by atoms with Crippen molar-refractivity contribution in [2.45, 2.75) is 50.4 Å². The molecule has 0 spiro atoms. The molecule has 8 heteroatoms. The quantitative estimate of drug-likeness (QED) is 0.335. The highest BCUT2D eigenvalue weighted by molar-refractivity contribution is 7.80. The number of hydrogen-bond donors (Lipinski definition) is 2. The molecule has 1 saturated carbocycles. The summed E-state index contributed by atoms with van der Waals surface area (Å²) in [6, 6.07) is 19.8. The Morgan fingerprint density at radius 3 is 2.39 bits per heavy atom. The molecule has 5 rings (SSSR count). The van der Waals surface area contributed by atoms with Gasteiger partial charge in [-0.2, -0.15) is 9.97 Å². The van der Waals surface area contributed by atoms with E-state index < -0.39 is 0 Å². The molecule has 36 heavy (non-hydrogen) atoms. The van der Waals surface area contributed by atoms with Gasteiger partial charge in [0, 0.05) is 36.1 Å². The van der Waals surface area contributed by atoms with Crippen LogP contribution in [0.2, 0.25) is 5.02 Å². The second-order valence-corrected chi connectivity index (χ2v) is 10.5. The number of thiocarbonyl (C=S) groups is 1. The van der Waals surface area contributed by atoms with Gasteiger partial charge in [-0.25, -0.2) is 0 Å². The molecule has 2 fully saturated rings. The van der Waals surface area contributed by atoms with Crippen LogP contribution in [0.5, 0.6) is 11.6 Å². The highest BCUT2D eigenvalue weighted by Crippen LogP contribution is 2.39. The van der Waals surface area contributed by atoms with Crippen molar-refractivity contribution >= 4 is 40.7 Å². The summed E-state index contributed by atoms with van der Waals surface area (Å²) in [5.41, 5.74) is 1.35. The smallest absolute Gasteiger partial charge is 0.234 e. The van der Waals surface area contributed by atoms with Crippen molar-refractivity contribution in [2.24, 2.45) is 0 Å². The molecule has 1 aliphatic heterocycles. The normalized spacial score (nSPS) is 17.0. The second kappa shape index (κ2) is 11.4. The van der Waals surface area contributed by atoms with E-state index in [-0.39, 0.29) is 5.41 Å². The van der Waals surface area contributed by atoms with E-state index >= 15 is 0 Å². The Labute approximate surface area is 223 Å². The Balaban J connectivity index is 1.31. The number of aromatic nitrogens is 2. The van der Waals surface area contributed by atoms with Crippen LogP contribution in [0.15, 0.2) is 60.7 Å². The van der Waals surface area contributed by atoms with Crippen LogP contribution in [0, 0.1) is 0 Å². The maximum absolute atomic E-state index is 6.16. The monoisotopic (exact) mass is 521 g/mol. The van der Waals surface area contributed by atoms with Crippen LogP contribution in [-0.4, -0.2) is 34.7 Å². The van der Waals surface area contributed by atoms with Crippen LogP contribution in [-0.2, 0) is 5.41 Å². The highest BCUT2D eigenvalue weighted by atomic mass is 35.5. The molecule has 0 amide bonds. The first-order valence-electron chi connectivity index (χ1n) is 12.8. The van der Waals surface area contributed by atoms with Crippen LogP contribution in [0.3, 0.4) is 0 Å². The molecule has 2 heterocycles. The van der Waals surface area contributed by atoms with Crippen molar-refractivity contribution in [1.82, 2.24) is 15.3 Å². The van der Waals surface area contributed by atoms with Crippen LogP contribution in [0.25, 0.3) is 0 Å². The third-order valence-corrected chi connectivity index (χ3v) is 7.66. The third-order valence-electron chi connectivity index (χ3n) is 7.16. The molecular formula is C28H32ClN5OS. The molecule has 6 nitrogen and oxygen atoms in total. The van der Waals surface area contributed by atoms with Crippen LogP contribution in [0.1, 0.15) is 50.5 Å². The fourth-order valence-electron chi connectivity index (χ4n) is 5.23. The van der Waals surface area contributed by atoms with E-state index in [2.05, 4.69) is 32.7 Å². The fraction of sp³-hybridized carbons (Fsp3) is 0.393. The lowest BCUT2D eigenvalue weighted by atomic mass is 9.69. The predicted molar refractivity (Wildman–Crippen MR) is 150 cm³/mol. The van der Waals surface area contributed by atoms with Gasteiger partial charge >= 0.3 is 0 Å². The number of anilines is 2. The van der Waals surface area contributed by atoms with Gasteiger partial charge in [-0.3, -0.25) is 0 Å². The molecule has 0 bridgehead atoms. The molecule has 188 valence electrons. The van der Waals surface area contributed by atoms with Crippen LogP contribution >= 0.6 is 23.8 Å². The van der Waals surface area contributed by atoms with E-state index in [4.69, 9.17) is 33.5 Å². The third kappa shape index (κ3) is 6.08. The van der Waals surface area contributed by atoms with E-state index in [0.717, 1.165) is 61.9 Å². The lowest BCUT2D eigenvalue weighted by Gasteiger charge is -2.38. The number of benzene rings is 2. The van der Waals surface area contributed by atoms with Crippen molar-refractivity contribution in [3.8, 4) is 11.6 Å². The predicted octanol–water partition coefficient (Wildman–Crippen LogP) is 6.71. The standard InChI is InChI=1S/C28H32ClN5OS/c29-22-13-11-21(12-14-22)28(15-5-2-6-16-28)20-30-27(36)33-26-31-24(34-17-7-8-18-34)19-25(32-26)35-23-9-3-1-4-10-23/h1,3-4,9-14,19H,2,5-8,15-18,20H2,(H2,30,31,32,33,36). The summed E-state index contributed by atoms with van der Waals surface area (Å²) in [4.78, 5) is 11.6. The molecule has 1 aliphatic carbocycles. The summed E-state index contributed by atoms with van der Waals surface area (Å²) in [5, 5.41) is 7.96. The number of halogens is 1. The van der Waals surface area contributed by atoms with Gasteiger partial charge in [0.1, 0.15) is 11.6 Å². The van der Waals surface area contributed by atoms with E-state index in [1.165, 1.54) is 24.8 Å². The summed E-state index contributed by atoms with van der Waals surface area (Å²) >= 11 is 11.9. The maximum atomic E-state index is 6.16. The van der Waals surface area contributed by atoms with Crippen molar-refractivity contribution in [3.05, 3.63) is 71.2 Å². The zero-order chi connectivity index (χ0) is 24.8. The first-order chi connectivity index (χ1) is 17.6. The lowest BCUT2D eigenvalue weighted by Crippen LogP contribution is -2.43. The highest BCUT2D eigenvalue weighted by Gasteiger charge is 2.34. The Hall–Kier alpha value is -2.90. The Kier molecular flexibility index (Phi) is 7.87. The van der Waals surface area contributed by atoms with Gasteiger partial charge in [-0.15, -0.1) is 0 Å². The molecule has 1 saturated heterocycles. The number of ether oxygens (including phenoxy) is 1. The summed E-state index contributed by atoms with van der Waals surface area (Å²) in [7, 11) is 0. The van der Waals surface area contributed by atoms with Crippen LogP contribution < -0.4 is 20.3 Å². The van der Waals surface area contributed by atoms with Gasteiger partial charge in [-0.1, -0.05) is 61.2 Å². The summed E-state index contributed by atoms with van der Waals surface area (Å²) in [6.07, 6.45) is 8.28. The van der Waals surface area contributed by atoms with Gasteiger partial charge in [0.2, 0.25) is 11.8 Å². The average Bonchev–Trinajstić information content (AvgIpc) is 3.44. The molecule has 1 aromatic heterocycles. The number of rotatable bonds is 7. The van der Waals surface area contributed by atoms with Crippen molar-refractivity contribution < 1.29 is 4.74 Å². The van der Waals surface area contributed by atoms with Gasteiger partial charge in [0.05, 0.1) is 0 Å². The minimum atomic E-state index is 0.0361. The molecule has 2 aromatic carbocycles. The van der Waals surface area contributed by atoms with Gasteiger partial charge in [0.25, 0.3) is 0 Å². The van der Waals surface area contributed by atoms with Gasteiger partial charge < -0.3 is 20.3 Å². The lowest BCUT2D eigenvalue weighted by molar-refractivity contribution is 0.292. The molecular weight excluding hydrogens is 490 g/mol. The average molecular weight is 522 g/mol.